The fourth-order valence-corrected chi connectivity index (χ4v) is 12.4. The van der Waals surface area contributed by atoms with Gasteiger partial charge in [-0.15, -0.1) is 0 Å². The van der Waals surface area contributed by atoms with Crippen LogP contribution in [-0.4, -0.2) is 18.4 Å². The number of hydrogen-bond acceptors (Lipinski definition) is 0. The monoisotopic (exact) mass is 278 g/mol. The maximum absolute atomic E-state index is 2.67. The molecule has 1 heteroatoms. The Morgan fingerprint density at radius 2 is 1.58 bits per heavy atom. The van der Waals surface area contributed by atoms with Crippen molar-refractivity contribution in [3.63, 3.8) is 0 Å². The van der Waals surface area contributed by atoms with Gasteiger partial charge in [0.25, 0.3) is 0 Å². The SMILES string of the molecule is CCC[CH2][Sn]([CH3])([CH2]CC)[CH](C)C. The Hall–Kier alpha value is 0.799. The molecule has 12 heavy (non-hydrogen) atoms. The van der Waals surface area contributed by atoms with Gasteiger partial charge in [0.15, 0.2) is 0 Å². The molecule has 1 atom stereocenters. The summed E-state index contributed by atoms with van der Waals surface area (Å²) in [5.74, 6) is 0. The van der Waals surface area contributed by atoms with Crippen molar-refractivity contribution in [2.24, 2.45) is 0 Å². The van der Waals surface area contributed by atoms with Crippen LogP contribution in [0.1, 0.15) is 47.0 Å². The fraction of sp³-hybridized carbons (Fsp3) is 1.00. The van der Waals surface area contributed by atoms with Crippen LogP contribution in [0.5, 0.6) is 0 Å². The van der Waals surface area contributed by atoms with Gasteiger partial charge in [-0.1, -0.05) is 0 Å². The van der Waals surface area contributed by atoms with E-state index in [1.54, 1.807) is 8.87 Å². The first kappa shape index (κ1) is 12.8. The summed E-state index contributed by atoms with van der Waals surface area (Å²) < 4.78 is 4.27. The normalized spacial score (nSPS) is 16.5. The van der Waals surface area contributed by atoms with Gasteiger partial charge in [-0.2, -0.15) is 0 Å². The minimum atomic E-state index is -1.59. The minimum absolute atomic E-state index is 1.05. The molecular weight excluding hydrogens is 251 g/mol. The van der Waals surface area contributed by atoms with Crippen molar-refractivity contribution in [3.8, 4) is 0 Å². The van der Waals surface area contributed by atoms with Gasteiger partial charge in [-0.05, 0) is 0 Å². The van der Waals surface area contributed by atoms with Crippen LogP contribution in [0.4, 0.5) is 0 Å². The van der Waals surface area contributed by atoms with Gasteiger partial charge in [0.2, 0.25) is 0 Å². The molecule has 0 aromatic carbocycles. The van der Waals surface area contributed by atoms with Gasteiger partial charge < -0.3 is 0 Å². The van der Waals surface area contributed by atoms with E-state index in [0.717, 1.165) is 3.93 Å². The molecule has 0 saturated carbocycles. The van der Waals surface area contributed by atoms with Crippen molar-refractivity contribution in [1.82, 2.24) is 0 Å². The molecule has 0 aliphatic rings. The van der Waals surface area contributed by atoms with Gasteiger partial charge >= 0.3 is 83.1 Å². The molecule has 0 fully saturated rings. The molecule has 0 spiro atoms. The van der Waals surface area contributed by atoms with Crippen molar-refractivity contribution in [3.05, 3.63) is 0 Å². The van der Waals surface area contributed by atoms with Crippen LogP contribution >= 0.6 is 0 Å². The zero-order valence-corrected chi connectivity index (χ0v) is 12.5. The molecule has 1 unspecified atom stereocenters. The molecule has 0 bridgehead atoms. The molecule has 0 aliphatic heterocycles. The molecule has 0 saturated heterocycles. The van der Waals surface area contributed by atoms with Crippen molar-refractivity contribution in [2.75, 3.05) is 0 Å². The summed E-state index contributed by atoms with van der Waals surface area (Å²) in [6, 6.07) is 0. The van der Waals surface area contributed by atoms with Gasteiger partial charge in [-0.3, -0.25) is 0 Å². The van der Waals surface area contributed by atoms with E-state index in [2.05, 4.69) is 32.6 Å². The average molecular weight is 277 g/mol. The molecule has 0 rings (SSSR count). The maximum atomic E-state index is 2.67. The van der Waals surface area contributed by atoms with E-state index in [0.29, 0.717) is 0 Å². The Balaban J connectivity index is 3.99. The third-order valence-electron chi connectivity index (χ3n) is 3.32. The van der Waals surface area contributed by atoms with Crippen LogP contribution < -0.4 is 0 Å². The first-order valence-corrected chi connectivity index (χ1v) is 14.1. The zero-order valence-electron chi connectivity index (χ0n) is 9.61. The summed E-state index contributed by atoms with van der Waals surface area (Å²) >= 11 is -1.59. The molecule has 0 aromatic heterocycles. The third kappa shape index (κ3) is 4.15. The number of unbranched alkanes of at least 4 members (excludes halogenated alkanes) is 1. The molecule has 0 aromatic rings. The Kier molecular flexibility index (Phi) is 6.70. The van der Waals surface area contributed by atoms with Crippen LogP contribution in [0.3, 0.4) is 0 Å². The van der Waals surface area contributed by atoms with E-state index in [4.69, 9.17) is 0 Å². The van der Waals surface area contributed by atoms with Crippen LogP contribution in [0.2, 0.25) is 17.7 Å². The first-order chi connectivity index (χ1) is 5.56. The van der Waals surface area contributed by atoms with Crippen LogP contribution in [-0.2, 0) is 0 Å². The van der Waals surface area contributed by atoms with Crippen molar-refractivity contribution < 1.29 is 0 Å². The van der Waals surface area contributed by atoms with Gasteiger partial charge in [0, 0.05) is 0 Å². The number of hydrogen-bond donors (Lipinski definition) is 0. The van der Waals surface area contributed by atoms with Gasteiger partial charge in [0.05, 0.1) is 0 Å². The molecule has 0 radical (unpaired) electrons. The van der Waals surface area contributed by atoms with Crippen molar-refractivity contribution >= 4 is 18.4 Å². The summed E-state index contributed by atoms with van der Waals surface area (Å²) in [7, 11) is 0. The molecular formula is C11H26Sn. The summed E-state index contributed by atoms with van der Waals surface area (Å²) in [5.41, 5.74) is 0. The van der Waals surface area contributed by atoms with Gasteiger partial charge in [0.1, 0.15) is 0 Å². The van der Waals surface area contributed by atoms with Crippen LogP contribution in [0.25, 0.3) is 0 Å². The van der Waals surface area contributed by atoms with E-state index >= 15 is 0 Å². The topological polar surface area (TPSA) is 0 Å². The zero-order chi connectivity index (χ0) is 9.61. The summed E-state index contributed by atoms with van der Waals surface area (Å²) in [6.45, 7) is 9.59. The summed E-state index contributed by atoms with van der Waals surface area (Å²) in [5, 5.41) is 0. The predicted molar refractivity (Wildman–Crippen MR) is 61.5 cm³/mol. The van der Waals surface area contributed by atoms with Gasteiger partial charge in [-0.25, -0.2) is 0 Å². The quantitative estimate of drug-likeness (QED) is 0.618. The van der Waals surface area contributed by atoms with Crippen molar-refractivity contribution in [2.45, 2.75) is 64.7 Å². The first-order valence-electron chi connectivity index (χ1n) is 5.56. The number of rotatable bonds is 6. The van der Waals surface area contributed by atoms with E-state index in [1.807, 2.05) is 0 Å². The van der Waals surface area contributed by atoms with E-state index in [9.17, 15) is 0 Å². The molecule has 74 valence electrons. The molecule has 0 nitrogen and oxygen atoms in total. The van der Waals surface area contributed by atoms with E-state index < -0.39 is 18.4 Å². The fourth-order valence-electron chi connectivity index (χ4n) is 1.85. The van der Waals surface area contributed by atoms with Crippen molar-refractivity contribution in [1.29, 1.82) is 0 Å². The van der Waals surface area contributed by atoms with Crippen LogP contribution in [0, 0.1) is 0 Å². The predicted octanol–water partition coefficient (Wildman–Crippen LogP) is 4.69. The molecule has 0 N–H and O–H groups in total. The second-order valence-electron chi connectivity index (χ2n) is 4.66. The Labute approximate surface area is 83.0 Å². The second-order valence-corrected chi connectivity index (χ2v) is 20.3. The Bertz CT molecular complexity index is 110. The van der Waals surface area contributed by atoms with E-state index in [1.165, 1.54) is 19.3 Å². The Morgan fingerprint density at radius 1 is 1.00 bits per heavy atom. The Morgan fingerprint density at radius 3 is 1.92 bits per heavy atom. The standard InChI is InChI=1S/C4H9.2C3H7.CH3.Sn/c1-3-4-2;2*1-3-2;;/h1,3-4H2,2H3;3H,1-2H3;1,3H2,2H3;1H3;. The molecule has 0 heterocycles. The molecule has 0 aliphatic carbocycles. The van der Waals surface area contributed by atoms with Crippen LogP contribution in [0.15, 0.2) is 0 Å². The summed E-state index contributed by atoms with van der Waals surface area (Å²) in [4.78, 5) is 2.67. The second kappa shape index (κ2) is 6.28. The molecule has 0 amide bonds. The third-order valence-corrected chi connectivity index (χ3v) is 20.2. The summed E-state index contributed by atoms with van der Waals surface area (Å²) in [6.07, 6.45) is 4.31. The average Bonchev–Trinajstić information content (AvgIpc) is 2.01. The van der Waals surface area contributed by atoms with E-state index in [-0.39, 0.29) is 0 Å².